The summed E-state index contributed by atoms with van der Waals surface area (Å²) in [6.45, 7) is 8.11. The highest BCUT2D eigenvalue weighted by Crippen LogP contribution is 2.33. The zero-order valence-electron chi connectivity index (χ0n) is 15.2. The van der Waals surface area contributed by atoms with Gasteiger partial charge in [-0.1, -0.05) is 0 Å². The number of aryl methyl sites for hydroxylation is 2. The molecule has 5 nitrogen and oxygen atoms in total. The topological polar surface area (TPSA) is 64.1 Å². The molecule has 0 aliphatic rings. The van der Waals surface area contributed by atoms with E-state index in [4.69, 9.17) is 4.74 Å². The number of ether oxygens (including phenoxy) is 1. The van der Waals surface area contributed by atoms with Gasteiger partial charge >= 0.3 is 0 Å². The van der Waals surface area contributed by atoms with Crippen LogP contribution >= 0.6 is 11.3 Å². The third kappa shape index (κ3) is 4.08. The van der Waals surface area contributed by atoms with Gasteiger partial charge in [0.2, 0.25) is 0 Å². The van der Waals surface area contributed by atoms with Gasteiger partial charge in [0.25, 0.3) is 5.91 Å². The van der Waals surface area contributed by atoms with E-state index in [9.17, 15) is 4.79 Å². The van der Waals surface area contributed by atoms with Crippen LogP contribution in [0.5, 0.6) is 5.75 Å². The Morgan fingerprint density at radius 2 is 1.81 bits per heavy atom. The van der Waals surface area contributed by atoms with Crippen LogP contribution in [0.15, 0.2) is 42.0 Å². The van der Waals surface area contributed by atoms with Crippen molar-refractivity contribution in [2.24, 2.45) is 0 Å². The van der Waals surface area contributed by atoms with Gasteiger partial charge in [0.1, 0.15) is 5.75 Å². The molecule has 0 aliphatic heterocycles. The van der Waals surface area contributed by atoms with Crippen LogP contribution in [0.25, 0.3) is 11.3 Å². The second kappa shape index (κ2) is 7.66. The van der Waals surface area contributed by atoms with Gasteiger partial charge in [-0.3, -0.25) is 15.1 Å². The van der Waals surface area contributed by atoms with Gasteiger partial charge in [0.05, 0.1) is 11.8 Å². The second-order valence-electron chi connectivity index (χ2n) is 6.33. The molecule has 0 fully saturated rings. The minimum Gasteiger partial charge on any atom is -0.491 e. The minimum absolute atomic E-state index is 0.133. The molecule has 0 unspecified atom stereocenters. The molecular formula is C20H21N3O2S. The molecule has 2 heterocycles. The van der Waals surface area contributed by atoms with Crippen LogP contribution in [-0.2, 0) is 0 Å². The fraction of sp³-hybridized carbons (Fsp3) is 0.250. The summed E-state index contributed by atoms with van der Waals surface area (Å²) in [5.41, 5.74) is 4.67. The molecule has 1 aromatic carbocycles. The summed E-state index contributed by atoms with van der Waals surface area (Å²) in [5, 5.41) is 5.37. The number of amides is 1. The summed E-state index contributed by atoms with van der Waals surface area (Å²) < 4.78 is 5.79. The molecular weight excluding hydrogens is 346 g/mol. The highest BCUT2D eigenvalue weighted by atomic mass is 32.1. The monoisotopic (exact) mass is 367 g/mol. The zero-order chi connectivity index (χ0) is 18.7. The van der Waals surface area contributed by atoms with Crippen molar-refractivity contribution in [2.75, 3.05) is 5.32 Å². The zero-order valence-corrected chi connectivity index (χ0v) is 16.1. The molecule has 0 saturated heterocycles. The number of aromatic nitrogens is 2. The molecule has 1 amide bonds. The maximum atomic E-state index is 12.3. The van der Waals surface area contributed by atoms with Crippen LogP contribution in [0, 0.1) is 13.8 Å². The molecule has 134 valence electrons. The number of anilines is 1. The maximum absolute atomic E-state index is 12.3. The molecule has 3 rings (SSSR count). The highest BCUT2D eigenvalue weighted by Gasteiger charge is 2.14. The third-order valence-corrected chi connectivity index (χ3v) is 4.56. The first kappa shape index (κ1) is 18.1. The Morgan fingerprint density at radius 3 is 2.42 bits per heavy atom. The molecule has 0 atom stereocenters. The van der Waals surface area contributed by atoms with Crippen LogP contribution in [0.2, 0.25) is 0 Å². The van der Waals surface area contributed by atoms with Crippen LogP contribution in [0.3, 0.4) is 0 Å². The Hall–Kier alpha value is -2.73. The van der Waals surface area contributed by atoms with Gasteiger partial charge < -0.3 is 4.74 Å². The number of hydrogen-bond acceptors (Lipinski definition) is 5. The van der Waals surface area contributed by atoms with Crippen LogP contribution in [0.1, 0.15) is 35.3 Å². The van der Waals surface area contributed by atoms with Crippen molar-refractivity contribution in [1.82, 2.24) is 9.97 Å². The van der Waals surface area contributed by atoms with Gasteiger partial charge in [-0.15, -0.1) is 11.3 Å². The van der Waals surface area contributed by atoms with Gasteiger partial charge in [-0.05, 0) is 63.1 Å². The summed E-state index contributed by atoms with van der Waals surface area (Å²) >= 11 is 1.41. The normalized spacial score (nSPS) is 10.8. The average Bonchev–Trinajstić information content (AvgIpc) is 3.02. The number of carbonyl (C=O) groups excluding carboxylic acids is 1. The Bertz CT molecular complexity index is 897. The number of hydrogen-bond donors (Lipinski definition) is 1. The lowest BCUT2D eigenvalue weighted by Crippen LogP contribution is -2.11. The van der Waals surface area contributed by atoms with Crippen LogP contribution < -0.4 is 10.1 Å². The van der Waals surface area contributed by atoms with Gasteiger partial charge in [-0.2, -0.15) is 0 Å². The largest absolute Gasteiger partial charge is 0.491 e. The number of thiazole rings is 1. The summed E-state index contributed by atoms with van der Waals surface area (Å²) in [5.74, 6) is 0.669. The van der Waals surface area contributed by atoms with E-state index in [1.54, 1.807) is 24.5 Å². The molecule has 0 saturated carbocycles. The minimum atomic E-state index is -0.192. The quantitative estimate of drug-likeness (QED) is 0.699. The predicted molar refractivity (Wildman–Crippen MR) is 105 cm³/mol. The Balaban J connectivity index is 1.82. The van der Waals surface area contributed by atoms with E-state index in [1.165, 1.54) is 11.3 Å². The first-order valence-corrected chi connectivity index (χ1v) is 9.27. The van der Waals surface area contributed by atoms with E-state index in [0.29, 0.717) is 10.7 Å². The fourth-order valence-corrected chi connectivity index (χ4v) is 3.48. The van der Waals surface area contributed by atoms with Gasteiger partial charge in [-0.25, -0.2) is 4.98 Å². The lowest BCUT2D eigenvalue weighted by atomic mass is 10.0. The first-order chi connectivity index (χ1) is 12.4. The van der Waals surface area contributed by atoms with Crippen molar-refractivity contribution >= 4 is 22.4 Å². The molecule has 0 spiro atoms. The van der Waals surface area contributed by atoms with Crippen molar-refractivity contribution in [3.05, 3.63) is 58.7 Å². The van der Waals surface area contributed by atoms with E-state index in [2.05, 4.69) is 15.3 Å². The summed E-state index contributed by atoms with van der Waals surface area (Å²) in [6.07, 6.45) is 3.32. The summed E-state index contributed by atoms with van der Waals surface area (Å²) in [7, 11) is 0. The predicted octanol–water partition coefficient (Wildman–Crippen LogP) is 4.86. The smallest absolute Gasteiger partial charge is 0.257 e. The van der Waals surface area contributed by atoms with Crippen molar-refractivity contribution in [1.29, 1.82) is 0 Å². The van der Waals surface area contributed by atoms with Crippen molar-refractivity contribution in [2.45, 2.75) is 33.8 Å². The van der Waals surface area contributed by atoms with Crippen LogP contribution in [-0.4, -0.2) is 22.0 Å². The first-order valence-electron chi connectivity index (χ1n) is 8.39. The maximum Gasteiger partial charge on any atom is 0.257 e. The molecule has 0 bridgehead atoms. The molecule has 6 heteroatoms. The molecule has 0 radical (unpaired) electrons. The molecule has 3 aromatic rings. The van der Waals surface area contributed by atoms with Crippen molar-refractivity contribution in [3.8, 4) is 17.0 Å². The van der Waals surface area contributed by atoms with E-state index in [-0.39, 0.29) is 12.0 Å². The lowest BCUT2D eigenvalue weighted by molar-refractivity contribution is 0.102. The number of nitrogens with zero attached hydrogens (tertiary/aromatic N) is 2. The van der Waals surface area contributed by atoms with E-state index < -0.39 is 0 Å². The number of rotatable bonds is 5. The Kier molecular flexibility index (Phi) is 5.32. The number of nitrogens with one attached hydrogen (secondary N) is 1. The number of benzene rings is 1. The van der Waals surface area contributed by atoms with Gasteiger partial charge in [0.15, 0.2) is 5.13 Å². The SMILES string of the molecule is Cc1cc(OC(C)C)cc(C)c1-c1csc(NC(=O)c2ccncc2)n1. The molecule has 26 heavy (non-hydrogen) atoms. The van der Waals surface area contributed by atoms with E-state index in [1.807, 2.05) is 45.2 Å². The summed E-state index contributed by atoms with van der Waals surface area (Å²) in [4.78, 5) is 20.8. The number of pyridine rings is 1. The molecule has 1 N–H and O–H groups in total. The Morgan fingerprint density at radius 1 is 1.15 bits per heavy atom. The highest BCUT2D eigenvalue weighted by molar-refractivity contribution is 7.14. The lowest BCUT2D eigenvalue weighted by Gasteiger charge is -2.14. The Labute approximate surface area is 157 Å². The molecule has 0 aliphatic carbocycles. The fourth-order valence-electron chi connectivity index (χ4n) is 2.79. The summed E-state index contributed by atoms with van der Waals surface area (Å²) in [6, 6.07) is 7.39. The van der Waals surface area contributed by atoms with E-state index in [0.717, 1.165) is 28.1 Å². The second-order valence-corrected chi connectivity index (χ2v) is 7.18. The van der Waals surface area contributed by atoms with E-state index >= 15 is 0 Å². The van der Waals surface area contributed by atoms with Crippen LogP contribution in [0.4, 0.5) is 5.13 Å². The number of carbonyl (C=O) groups is 1. The van der Waals surface area contributed by atoms with Gasteiger partial charge in [0, 0.05) is 28.9 Å². The molecule has 2 aromatic heterocycles. The van der Waals surface area contributed by atoms with Crippen molar-refractivity contribution in [3.63, 3.8) is 0 Å². The average molecular weight is 367 g/mol. The van der Waals surface area contributed by atoms with Crippen molar-refractivity contribution < 1.29 is 9.53 Å². The third-order valence-electron chi connectivity index (χ3n) is 3.80. The standard InChI is InChI=1S/C20H21N3O2S/c1-12(2)25-16-9-13(3)18(14(4)10-16)17-11-26-20(22-17)23-19(24)15-5-7-21-8-6-15/h5-12H,1-4H3,(H,22,23,24).